The molecular formula is C24H30FN3O2S. The normalized spacial score (nSPS) is 18.1. The number of piperidine rings is 1. The zero-order chi connectivity index (χ0) is 21.8. The summed E-state index contributed by atoms with van der Waals surface area (Å²) in [5.41, 5.74) is 1.53. The first kappa shape index (κ1) is 21.9. The van der Waals surface area contributed by atoms with Crippen LogP contribution in [0.5, 0.6) is 0 Å². The first-order chi connectivity index (χ1) is 15.0. The van der Waals surface area contributed by atoms with Crippen molar-refractivity contribution in [1.29, 1.82) is 0 Å². The lowest BCUT2D eigenvalue weighted by Crippen LogP contribution is -2.40. The number of rotatable bonds is 4. The summed E-state index contributed by atoms with van der Waals surface area (Å²) in [6.07, 6.45) is 7.03. The summed E-state index contributed by atoms with van der Waals surface area (Å²) in [7, 11) is 0. The molecule has 7 heteroatoms. The lowest BCUT2D eigenvalue weighted by Gasteiger charge is -2.32. The molecule has 0 atom stereocenters. The largest absolute Gasteiger partial charge is 0.343 e. The number of thiazole rings is 1. The number of likely N-dealkylation sites (tertiary alicyclic amines) is 2. The number of hydrogen-bond donors (Lipinski definition) is 0. The Bertz CT molecular complexity index is 911. The van der Waals surface area contributed by atoms with Gasteiger partial charge in [-0.25, -0.2) is 9.37 Å². The molecule has 2 aromatic rings. The average Bonchev–Trinajstić information content (AvgIpc) is 2.98. The third kappa shape index (κ3) is 5.32. The van der Waals surface area contributed by atoms with Crippen LogP contribution in [0.4, 0.5) is 4.39 Å². The lowest BCUT2D eigenvalue weighted by molar-refractivity contribution is -0.132. The summed E-state index contributed by atoms with van der Waals surface area (Å²) in [6.45, 7) is 5.01. The smallest absolute Gasteiger partial charge is 0.265 e. The highest BCUT2D eigenvalue weighted by molar-refractivity contribution is 7.17. The van der Waals surface area contributed by atoms with Gasteiger partial charge in [-0.1, -0.05) is 12.8 Å². The van der Waals surface area contributed by atoms with Crippen molar-refractivity contribution in [3.05, 3.63) is 40.7 Å². The van der Waals surface area contributed by atoms with E-state index in [1.54, 1.807) is 12.1 Å². The van der Waals surface area contributed by atoms with E-state index < -0.39 is 0 Å². The molecule has 166 valence electrons. The van der Waals surface area contributed by atoms with Crippen molar-refractivity contribution < 1.29 is 14.0 Å². The fourth-order valence-corrected chi connectivity index (χ4v) is 5.53. The van der Waals surface area contributed by atoms with E-state index >= 15 is 0 Å². The van der Waals surface area contributed by atoms with Crippen molar-refractivity contribution >= 4 is 23.2 Å². The van der Waals surface area contributed by atoms with Crippen molar-refractivity contribution in [1.82, 2.24) is 14.8 Å². The summed E-state index contributed by atoms with van der Waals surface area (Å²) >= 11 is 1.37. The number of benzene rings is 1. The SMILES string of the molecule is Cc1nc(-c2ccc(F)cc2)sc1C(=O)N1CCC(CC(=O)N2CCCCCC2)CC1. The van der Waals surface area contributed by atoms with Gasteiger partial charge < -0.3 is 9.80 Å². The van der Waals surface area contributed by atoms with Gasteiger partial charge in [0.15, 0.2) is 0 Å². The Hall–Kier alpha value is -2.28. The van der Waals surface area contributed by atoms with Crippen molar-refractivity contribution in [3.8, 4) is 10.6 Å². The molecule has 3 heterocycles. The minimum atomic E-state index is -0.287. The second kappa shape index (κ2) is 9.90. The van der Waals surface area contributed by atoms with Crippen LogP contribution in [0.1, 0.15) is 60.3 Å². The molecule has 2 fully saturated rings. The zero-order valence-corrected chi connectivity index (χ0v) is 18.9. The monoisotopic (exact) mass is 443 g/mol. The molecule has 2 amide bonds. The van der Waals surface area contributed by atoms with Gasteiger partial charge in [-0.2, -0.15) is 0 Å². The van der Waals surface area contributed by atoms with Gasteiger partial charge in [-0.15, -0.1) is 11.3 Å². The summed E-state index contributed by atoms with van der Waals surface area (Å²) in [5.74, 6) is 0.372. The maximum atomic E-state index is 13.2. The molecule has 1 aromatic heterocycles. The van der Waals surface area contributed by atoms with Gasteiger partial charge in [0, 0.05) is 38.2 Å². The molecule has 0 unspecified atom stereocenters. The van der Waals surface area contributed by atoms with Crippen LogP contribution in [0.2, 0.25) is 0 Å². The number of amides is 2. The predicted octanol–water partition coefficient (Wildman–Crippen LogP) is 4.90. The van der Waals surface area contributed by atoms with Crippen molar-refractivity contribution in [2.24, 2.45) is 5.92 Å². The van der Waals surface area contributed by atoms with Crippen LogP contribution in [0.15, 0.2) is 24.3 Å². The maximum Gasteiger partial charge on any atom is 0.265 e. The molecule has 5 nitrogen and oxygen atoms in total. The van der Waals surface area contributed by atoms with Crippen LogP contribution in [-0.2, 0) is 4.79 Å². The Balaban J connectivity index is 1.33. The molecule has 2 aliphatic heterocycles. The predicted molar refractivity (Wildman–Crippen MR) is 121 cm³/mol. The molecule has 0 aliphatic carbocycles. The number of hydrogen-bond acceptors (Lipinski definition) is 4. The van der Waals surface area contributed by atoms with E-state index in [1.807, 2.05) is 16.7 Å². The number of aromatic nitrogens is 1. The van der Waals surface area contributed by atoms with Crippen LogP contribution < -0.4 is 0 Å². The second-order valence-corrected chi connectivity index (χ2v) is 9.67. The summed E-state index contributed by atoms with van der Waals surface area (Å²) < 4.78 is 13.2. The van der Waals surface area contributed by atoms with Gasteiger partial charge in [0.2, 0.25) is 5.91 Å². The lowest BCUT2D eigenvalue weighted by atomic mass is 9.92. The Morgan fingerprint density at radius 2 is 1.65 bits per heavy atom. The highest BCUT2D eigenvalue weighted by atomic mass is 32.1. The third-order valence-corrected chi connectivity index (χ3v) is 7.60. The molecule has 4 rings (SSSR count). The standard InChI is InChI=1S/C24H30FN3O2S/c1-17-22(31-23(26-17)19-6-8-20(25)9-7-19)24(30)28-14-10-18(11-15-28)16-21(29)27-12-4-2-3-5-13-27/h6-9,18H,2-5,10-16H2,1H3. The van der Waals surface area contributed by atoms with Gasteiger partial charge in [-0.05, 0) is 62.8 Å². The zero-order valence-electron chi connectivity index (χ0n) is 18.1. The maximum absolute atomic E-state index is 13.2. The van der Waals surface area contributed by atoms with Crippen LogP contribution in [0, 0.1) is 18.7 Å². The molecule has 0 bridgehead atoms. The third-order valence-electron chi connectivity index (χ3n) is 6.41. The quantitative estimate of drug-likeness (QED) is 0.675. The molecule has 31 heavy (non-hydrogen) atoms. The number of halogens is 1. The molecule has 0 spiro atoms. The minimum Gasteiger partial charge on any atom is -0.343 e. The second-order valence-electron chi connectivity index (χ2n) is 8.68. The Morgan fingerprint density at radius 3 is 2.29 bits per heavy atom. The number of carbonyl (C=O) groups excluding carboxylic acids is 2. The summed E-state index contributed by atoms with van der Waals surface area (Å²) in [4.78, 5) is 34.9. The summed E-state index contributed by atoms with van der Waals surface area (Å²) in [5, 5.41) is 0.735. The van der Waals surface area contributed by atoms with Crippen molar-refractivity contribution in [3.63, 3.8) is 0 Å². The summed E-state index contributed by atoms with van der Waals surface area (Å²) in [6, 6.07) is 6.19. The molecule has 1 aromatic carbocycles. The number of nitrogens with zero attached hydrogens (tertiary/aromatic N) is 3. The van der Waals surface area contributed by atoms with Gasteiger partial charge in [0.05, 0.1) is 5.69 Å². The highest BCUT2D eigenvalue weighted by Crippen LogP contribution is 2.30. The van der Waals surface area contributed by atoms with Crippen molar-refractivity contribution in [2.75, 3.05) is 26.2 Å². The molecule has 0 saturated carbocycles. The average molecular weight is 444 g/mol. The van der Waals surface area contributed by atoms with E-state index in [0.29, 0.717) is 36.0 Å². The Labute approximate surface area is 187 Å². The molecule has 2 aliphatic rings. The van der Waals surface area contributed by atoms with E-state index in [9.17, 15) is 14.0 Å². The molecule has 2 saturated heterocycles. The van der Waals surface area contributed by atoms with Crippen LogP contribution >= 0.6 is 11.3 Å². The first-order valence-corrected chi connectivity index (χ1v) is 12.1. The molecular weight excluding hydrogens is 413 g/mol. The van der Waals surface area contributed by atoms with Crippen LogP contribution in [0.25, 0.3) is 10.6 Å². The van der Waals surface area contributed by atoms with E-state index in [1.165, 1.54) is 36.3 Å². The van der Waals surface area contributed by atoms with Gasteiger partial charge in [0.1, 0.15) is 15.7 Å². The number of aryl methyl sites for hydroxylation is 1. The minimum absolute atomic E-state index is 0.0145. The van der Waals surface area contributed by atoms with Gasteiger partial charge in [-0.3, -0.25) is 9.59 Å². The fourth-order valence-electron chi connectivity index (χ4n) is 4.49. The van der Waals surface area contributed by atoms with Crippen LogP contribution in [0.3, 0.4) is 0 Å². The van der Waals surface area contributed by atoms with E-state index in [4.69, 9.17) is 0 Å². The Kier molecular flexibility index (Phi) is 7.00. The fraction of sp³-hybridized carbons (Fsp3) is 0.542. The van der Waals surface area contributed by atoms with E-state index in [2.05, 4.69) is 4.98 Å². The first-order valence-electron chi connectivity index (χ1n) is 11.3. The van der Waals surface area contributed by atoms with Crippen molar-refractivity contribution in [2.45, 2.75) is 51.9 Å². The molecule has 0 radical (unpaired) electrons. The van der Waals surface area contributed by atoms with E-state index in [-0.39, 0.29) is 17.6 Å². The van der Waals surface area contributed by atoms with Gasteiger partial charge in [0.25, 0.3) is 5.91 Å². The topological polar surface area (TPSA) is 53.5 Å². The number of carbonyl (C=O) groups is 2. The Morgan fingerprint density at radius 1 is 1.00 bits per heavy atom. The molecule has 0 N–H and O–H groups in total. The van der Waals surface area contributed by atoms with Gasteiger partial charge >= 0.3 is 0 Å². The van der Waals surface area contributed by atoms with E-state index in [0.717, 1.165) is 49.3 Å². The van der Waals surface area contributed by atoms with Crippen LogP contribution in [-0.4, -0.2) is 52.8 Å². The highest BCUT2D eigenvalue weighted by Gasteiger charge is 2.28.